The van der Waals surface area contributed by atoms with Gasteiger partial charge in [0.15, 0.2) is 5.96 Å². The zero-order chi connectivity index (χ0) is 17.9. The van der Waals surface area contributed by atoms with Crippen LogP contribution in [0.25, 0.3) is 0 Å². The summed E-state index contributed by atoms with van der Waals surface area (Å²) >= 11 is 0. The third kappa shape index (κ3) is 4.71. The van der Waals surface area contributed by atoms with Gasteiger partial charge in [0.1, 0.15) is 0 Å². The summed E-state index contributed by atoms with van der Waals surface area (Å²) in [6.07, 6.45) is 11.1. The number of nitrogens with one attached hydrogen (secondary N) is 1. The summed E-state index contributed by atoms with van der Waals surface area (Å²) in [7, 11) is 1.85. The lowest BCUT2D eigenvalue weighted by Gasteiger charge is -2.42. The number of hydrogen-bond acceptors (Lipinski definition) is 3. The number of piperidine rings is 1. The second kappa shape index (κ2) is 9.39. The Balaban J connectivity index is 0.00000243. The van der Waals surface area contributed by atoms with Crippen LogP contribution in [0.1, 0.15) is 52.0 Å². The second-order valence-corrected chi connectivity index (χ2v) is 8.11. The van der Waals surface area contributed by atoms with E-state index in [9.17, 15) is 5.11 Å². The molecule has 1 aliphatic heterocycles. The van der Waals surface area contributed by atoms with Crippen LogP contribution in [0.3, 0.4) is 0 Å². The smallest absolute Gasteiger partial charge is 0.193 e. The van der Waals surface area contributed by atoms with Crippen LogP contribution in [-0.4, -0.2) is 58.3 Å². The molecule has 0 spiro atoms. The number of rotatable bonds is 3. The van der Waals surface area contributed by atoms with E-state index in [1.54, 1.807) is 0 Å². The van der Waals surface area contributed by atoms with Crippen molar-refractivity contribution >= 4 is 29.9 Å². The maximum Gasteiger partial charge on any atom is 0.193 e. The van der Waals surface area contributed by atoms with Crippen molar-refractivity contribution in [2.24, 2.45) is 16.3 Å². The molecule has 2 fully saturated rings. The van der Waals surface area contributed by atoms with E-state index in [0.29, 0.717) is 12.0 Å². The van der Waals surface area contributed by atoms with Gasteiger partial charge in [0, 0.05) is 44.5 Å². The molecule has 1 aromatic rings. The minimum Gasteiger partial charge on any atom is -0.392 e. The summed E-state index contributed by atoms with van der Waals surface area (Å²) in [5.41, 5.74) is -0.0545. The van der Waals surface area contributed by atoms with Crippen LogP contribution < -0.4 is 5.32 Å². The molecule has 7 heteroatoms. The molecule has 0 radical (unpaired) electrons. The van der Waals surface area contributed by atoms with Gasteiger partial charge in [-0.15, -0.1) is 24.0 Å². The summed E-state index contributed by atoms with van der Waals surface area (Å²) in [5.74, 6) is 1.58. The van der Waals surface area contributed by atoms with Gasteiger partial charge in [-0.05, 0) is 25.2 Å². The Bertz CT molecular complexity index is 578. The number of guanidine groups is 1. The molecule has 0 amide bonds. The normalized spacial score (nSPS) is 32.8. The van der Waals surface area contributed by atoms with Crippen molar-refractivity contribution < 1.29 is 5.11 Å². The molecular formula is C19H34IN5O. The average Bonchev–Trinajstić information content (AvgIpc) is 3.14. The fourth-order valence-corrected chi connectivity index (χ4v) is 4.30. The first kappa shape index (κ1) is 21.5. The van der Waals surface area contributed by atoms with Crippen LogP contribution in [0, 0.1) is 11.3 Å². The number of likely N-dealkylation sites (tertiary alicyclic amines) is 1. The zero-order valence-electron chi connectivity index (χ0n) is 16.3. The largest absolute Gasteiger partial charge is 0.392 e. The summed E-state index contributed by atoms with van der Waals surface area (Å²) in [5, 5.41) is 14.0. The number of imidazole rings is 1. The second-order valence-electron chi connectivity index (χ2n) is 8.11. The number of aliphatic hydroxyl groups excluding tert-OH is 1. The highest BCUT2D eigenvalue weighted by Gasteiger charge is 2.36. The quantitative estimate of drug-likeness (QED) is 0.401. The Kier molecular flexibility index (Phi) is 7.76. The highest BCUT2D eigenvalue weighted by Crippen LogP contribution is 2.35. The van der Waals surface area contributed by atoms with Crippen LogP contribution >= 0.6 is 24.0 Å². The van der Waals surface area contributed by atoms with Gasteiger partial charge in [-0.3, -0.25) is 4.99 Å². The number of hydrogen-bond donors (Lipinski definition) is 2. The lowest BCUT2D eigenvalue weighted by Crippen LogP contribution is -2.52. The molecule has 2 heterocycles. The van der Waals surface area contributed by atoms with E-state index in [0.717, 1.165) is 51.3 Å². The van der Waals surface area contributed by atoms with Gasteiger partial charge in [-0.2, -0.15) is 0 Å². The molecule has 148 valence electrons. The zero-order valence-corrected chi connectivity index (χ0v) is 18.6. The standard InChI is InChI=1S/C19H33N5O.HI/c1-15-7-10-23(12-16(15)24-11-9-21-14-24)18(20-3)22-13-19(2)8-5-4-6-17(19)25;/h9,11,14-17,25H,4-8,10,12-13H2,1-3H3,(H,20,22);1H. The van der Waals surface area contributed by atoms with Crippen molar-refractivity contribution in [3.8, 4) is 0 Å². The summed E-state index contributed by atoms with van der Waals surface area (Å²) in [4.78, 5) is 11.1. The first-order chi connectivity index (χ1) is 12.0. The van der Waals surface area contributed by atoms with Crippen molar-refractivity contribution in [3.63, 3.8) is 0 Å². The highest BCUT2D eigenvalue weighted by atomic mass is 127. The molecular weight excluding hydrogens is 441 g/mol. The average molecular weight is 475 g/mol. The van der Waals surface area contributed by atoms with Gasteiger partial charge in [-0.1, -0.05) is 26.7 Å². The Morgan fingerprint density at radius 2 is 2.19 bits per heavy atom. The molecule has 0 bridgehead atoms. The van der Waals surface area contributed by atoms with Crippen LogP contribution in [0.15, 0.2) is 23.7 Å². The molecule has 1 aromatic heterocycles. The third-order valence-electron chi connectivity index (χ3n) is 6.27. The number of aliphatic imine (C=N–C) groups is 1. The Morgan fingerprint density at radius 3 is 2.85 bits per heavy atom. The predicted molar refractivity (Wildman–Crippen MR) is 116 cm³/mol. The Morgan fingerprint density at radius 1 is 1.38 bits per heavy atom. The highest BCUT2D eigenvalue weighted by molar-refractivity contribution is 14.0. The number of aliphatic hydroxyl groups is 1. The molecule has 1 saturated carbocycles. The first-order valence-electron chi connectivity index (χ1n) is 9.64. The van der Waals surface area contributed by atoms with Crippen LogP contribution in [0.4, 0.5) is 0 Å². The van der Waals surface area contributed by atoms with E-state index in [1.165, 1.54) is 6.42 Å². The molecule has 6 nitrogen and oxygen atoms in total. The van der Waals surface area contributed by atoms with E-state index < -0.39 is 0 Å². The van der Waals surface area contributed by atoms with E-state index in [4.69, 9.17) is 0 Å². The lowest BCUT2D eigenvalue weighted by atomic mass is 9.73. The number of halogens is 1. The van der Waals surface area contributed by atoms with E-state index in [-0.39, 0.29) is 35.5 Å². The molecule has 1 aliphatic carbocycles. The Hall–Kier alpha value is -0.830. The number of aromatic nitrogens is 2. The third-order valence-corrected chi connectivity index (χ3v) is 6.27. The topological polar surface area (TPSA) is 65.7 Å². The molecule has 2 N–H and O–H groups in total. The maximum absolute atomic E-state index is 10.4. The first-order valence-corrected chi connectivity index (χ1v) is 9.64. The van der Waals surface area contributed by atoms with Gasteiger partial charge < -0.3 is 19.9 Å². The molecule has 26 heavy (non-hydrogen) atoms. The van der Waals surface area contributed by atoms with Gasteiger partial charge in [0.05, 0.1) is 18.5 Å². The molecule has 4 atom stereocenters. The monoisotopic (exact) mass is 475 g/mol. The minimum atomic E-state index is -0.216. The lowest BCUT2D eigenvalue weighted by molar-refractivity contribution is 0.00348. The maximum atomic E-state index is 10.4. The van der Waals surface area contributed by atoms with Crippen LogP contribution in [0.5, 0.6) is 0 Å². The van der Waals surface area contributed by atoms with Gasteiger partial charge in [-0.25, -0.2) is 4.98 Å². The van der Waals surface area contributed by atoms with E-state index >= 15 is 0 Å². The number of nitrogens with zero attached hydrogens (tertiary/aromatic N) is 4. The van der Waals surface area contributed by atoms with Gasteiger partial charge >= 0.3 is 0 Å². The van der Waals surface area contributed by atoms with E-state index in [2.05, 4.69) is 44.8 Å². The van der Waals surface area contributed by atoms with Gasteiger partial charge in [0.2, 0.25) is 0 Å². The van der Waals surface area contributed by atoms with Crippen LogP contribution in [0.2, 0.25) is 0 Å². The molecule has 0 aromatic carbocycles. The molecule has 1 saturated heterocycles. The fourth-order valence-electron chi connectivity index (χ4n) is 4.30. The van der Waals surface area contributed by atoms with Crippen molar-refractivity contribution in [3.05, 3.63) is 18.7 Å². The molecule has 3 rings (SSSR count). The van der Waals surface area contributed by atoms with Crippen molar-refractivity contribution in [2.75, 3.05) is 26.7 Å². The summed E-state index contributed by atoms with van der Waals surface area (Å²) in [6.45, 7) is 7.26. The van der Waals surface area contributed by atoms with Crippen molar-refractivity contribution in [2.45, 2.75) is 58.1 Å². The SMILES string of the molecule is CN=C(NCC1(C)CCCCC1O)N1CCC(C)C(n2ccnc2)C1.I. The van der Waals surface area contributed by atoms with E-state index in [1.807, 2.05) is 19.6 Å². The van der Waals surface area contributed by atoms with Crippen molar-refractivity contribution in [1.29, 1.82) is 0 Å². The summed E-state index contributed by atoms with van der Waals surface area (Å²) < 4.78 is 2.22. The van der Waals surface area contributed by atoms with Crippen molar-refractivity contribution in [1.82, 2.24) is 19.8 Å². The molecule has 2 aliphatic rings. The van der Waals surface area contributed by atoms with Gasteiger partial charge in [0.25, 0.3) is 0 Å². The minimum absolute atomic E-state index is 0. The Labute approximate surface area is 174 Å². The van der Waals surface area contributed by atoms with Crippen LogP contribution in [-0.2, 0) is 0 Å². The predicted octanol–water partition coefficient (Wildman–Crippen LogP) is 2.90. The molecule has 4 unspecified atom stereocenters. The fraction of sp³-hybridized carbons (Fsp3) is 0.789. The summed E-state index contributed by atoms with van der Waals surface area (Å²) in [6, 6.07) is 0.422.